The van der Waals surface area contributed by atoms with Gasteiger partial charge in [-0.1, -0.05) is 68.4 Å². The van der Waals surface area contributed by atoms with Crippen molar-refractivity contribution in [1.29, 1.82) is 0 Å². The van der Waals surface area contributed by atoms with E-state index in [9.17, 15) is 4.79 Å². The topological polar surface area (TPSA) is 25.9 Å². The molecule has 3 aromatic rings. The number of carbonyl (C=O) groups excluding carboxylic acids is 1. The lowest BCUT2D eigenvalue weighted by Crippen LogP contribution is -2.40. The van der Waals surface area contributed by atoms with Crippen molar-refractivity contribution in [2.24, 2.45) is 0 Å². The summed E-state index contributed by atoms with van der Waals surface area (Å²) < 4.78 is 4.51. The molecule has 3 nitrogen and oxygen atoms in total. The smallest absolute Gasteiger partial charge is 0.257 e. The molecule has 0 unspecified atom stereocenters. The Morgan fingerprint density at radius 1 is 1.08 bits per heavy atom. The highest BCUT2D eigenvalue weighted by Gasteiger charge is 2.29. The van der Waals surface area contributed by atoms with Crippen LogP contribution < -0.4 is 4.57 Å². The summed E-state index contributed by atoms with van der Waals surface area (Å²) in [4.78, 5) is 12.8. The fourth-order valence-electron chi connectivity index (χ4n) is 3.79. The van der Waals surface area contributed by atoms with Gasteiger partial charge < -0.3 is 0 Å². The molecule has 3 heteroatoms. The number of ketones is 1. The monoisotopic (exact) mass is 345 g/mol. The minimum atomic E-state index is 0.171. The van der Waals surface area contributed by atoms with E-state index in [0.717, 1.165) is 24.9 Å². The first-order chi connectivity index (χ1) is 12.6. The van der Waals surface area contributed by atoms with Gasteiger partial charge in [0, 0.05) is 11.1 Å². The van der Waals surface area contributed by atoms with Crippen molar-refractivity contribution in [2.45, 2.75) is 45.7 Å². The molecule has 1 aliphatic heterocycles. The van der Waals surface area contributed by atoms with Crippen molar-refractivity contribution in [3.63, 3.8) is 0 Å². The number of hydrogen-bond acceptors (Lipinski definition) is 1. The number of imidazole rings is 1. The van der Waals surface area contributed by atoms with Crippen LogP contribution >= 0.6 is 0 Å². The molecule has 0 fully saturated rings. The average molecular weight is 345 g/mol. The lowest BCUT2D eigenvalue weighted by atomic mass is 10.0. The molecule has 0 aliphatic carbocycles. The summed E-state index contributed by atoms with van der Waals surface area (Å²) in [5, 5.41) is 0. The Kier molecular flexibility index (Phi) is 4.46. The van der Waals surface area contributed by atoms with Crippen LogP contribution in [0.15, 0.2) is 60.8 Å². The van der Waals surface area contributed by atoms with Crippen LogP contribution in [-0.4, -0.2) is 10.4 Å². The molecular weight excluding hydrogens is 320 g/mol. The zero-order chi connectivity index (χ0) is 18.1. The van der Waals surface area contributed by atoms with Gasteiger partial charge in [-0.05, 0) is 17.9 Å². The number of aromatic nitrogens is 2. The van der Waals surface area contributed by atoms with Crippen molar-refractivity contribution < 1.29 is 9.36 Å². The maximum atomic E-state index is 12.8. The van der Waals surface area contributed by atoms with Gasteiger partial charge in [-0.2, -0.15) is 0 Å². The van der Waals surface area contributed by atoms with Crippen LogP contribution in [0.25, 0.3) is 11.3 Å². The van der Waals surface area contributed by atoms with Crippen molar-refractivity contribution >= 4 is 5.78 Å². The Labute approximate surface area is 154 Å². The zero-order valence-corrected chi connectivity index (χ0v) is 15.5. The van der Waals surface area contributed by atoms with Crippen LogP contribution in [0, 0.1) is 0 Å². The fraction of sp³-hybridized carbons (Fsp3) is 0.304. The molecule has 0 spiro atoms. The van der Waals surface area contributed by atoms with Crippen LogP contribution in [0.3, 0.4) is 0 Å². The SMILES string of the molecule is CC(C)c1ccc(C(=O)C[n+]2cc(-c3ccccc3)n3c2CCC3)cc1. The second kappa shape index (κ2) is 6.91. The fourth-order valence-corrected chi connectivity index (χ4v) is 3.79. The summed E-state index contributed by atoms with van der Waals surface area (Å²) >= 11 is 0. The Hall–Kier alpha value is -2.68. The van der Waals surface area contributed by atoms with Crippen LogP contribution in [-0.2, 0) is 19.5 Å². The van der Waals surface area contributed by atoms with Gasteiger partial charge in [0.15, 0.2) is 12.2 Å². The van der Waals surface area contributed by atoms with E-state index in [-0.39, 0.29) is 5.78 Å². The molecule has 1 aliphatic rings. The predicted molar refractivity (Wildman–Crippen MR) is 103 cm³/mol. The third kappa shape index (κ3) is 3.10. The Morgan fingerprint density at radius 2 is 1.81 bits per heavy atom. The maximum absolute atomic E-state index is 12.8. The number of Topliss-reactive ketones (excluding diaryl/α,β-unsaturated/α-hetero) is 1. The second-order valence-electron chi connectivity index (χ2n) is 7.38. The third-order valence-corrected chi connectivity index (χ3v) is 5.28. The number of benzene rings is 2. The normalized spacial score (nSPS) is 13.2. The van der Waals surface area contributed by atoms with E-state index in [1.54, 1.807) is 0 Å². The minimum Gasteiger partial charge on any atom is -0.290 e. The molecule has 2 aromatic carbocycles. The zero-order valence-electron chi connectivity index (χ0n) is 15.5. The first-order valence-corrected chi connectivity index (χ1v) is 9.44. The standard InChI is InChI=1S/C23H25N2O/c1-17(2)18-10-12-20(13-11-18)22(26)16-24-15-21(19-7-4-3-5-8-19)25-14-6-9-23(24)25/h3-5,7-8,10-13,15,17H,6,9,14,16H2,1-2H3/q+1. The first-order valence-electron chi connectivity index (χ1n) is 9.44. The Bertz CT molecular complexity index is 921. The molecule has 0 radical (unpaired) electrons. The van der Waals surface area contributed by atoms with Gasteiger partial charge in [0.25, 0.3) is 5.82 Å². The van der Waals surface area contributed by atoms with Gasteiger partial charge in [-0.3, -0.25) is 4.79 Å². The Balaban J connectivity index is 1.61. The Morgan fingerprint density at radius 3 is 2.50 bits per heavy atom. The van der Waals surface area contributed by atoms with E-state index in [4.69, 9.17) is 0 Å². The van der Waals surface area contributed by atoms with E-state index in [1.165, 1.54) is 22.6 Å². The highest BCUT2D eigenvalue weighted by atomic mass is 16.1. The van der Waals surface area contributed by atoms with Crippen LogP contribution in [0.5, 0.6) is 0 Å². The van der Waals surface area contributed by atoms with Gasteiger partial charge in [-0.15, -0.1) is 0 Å². The van der Waals surface area contributed by atoms with Gasteiger partial charge in [0.05, 0.1) is 13.0 Å². The number of rotatable bonds is 5. The number of carbonyl (C=O) groups is 1. The summed E-state index contributed by atoms with van der Waals surface area (Å²) in [5.41, 5.74) is 4.48. The quantitative estimate of drug-likeness (QED) is 0.497. The molecule has 26 heavy (non-hydrogen) atoms. The summed E-state index contributed by atoms with van der Waals surface area (Å²) in [6.45, 7) is 5.78. The van der Waals surface area contributed by atoms with Crippen molar-refractivity contribution in [1.82, 2.24) is 4.57 Å². The molecule has 0 N–H and O–H groups in total. The minimum absolute atomic E-state index is 0.171. The summed E-state index contributed by atoms with van der Waals surface area (Å²) in [7, 11) is 0. The molecule has 0 saturated heterocycles. The second-order valence-corrected chi connectivity index (χ2v) is 7.38. The van der Waals surface area contributed by atoms with Crippen LogP contribution in [0.1, 0.15) is 47.9 Å². The molecule has 2 heterocycles. The predicted octanol–water partition coefficient (Wildman–Crippen LogP) is 4.40. The first kappa shape index (κ1) is 16.8. The van der Waals surface area contributed by atoms with Gasteiger partial charge in [0.2, 0.25) is 5.78 Å². The van der Waals surface area contributed by atoms with Gasteiger partial charge in [-0.25, -0.2) is 9.13 Å². The molecule has 0 atom stereocenters. The van der Waals surface area contributed by atoms with E-state index < -0.39 is 0 Å². The molecular formula is C23H25N2O+. The van der Waals surface area contributed by atoms with E-state index >= 15 is 0 Å². The average Bonchev–Trinajstić information content (AvgIpc) is 3.26. The lowest BCUT2D eigenvalue weighted by molar-refractivity contribution is -0.689. The van der Waals surface area contributed by atoms with Crippen LogP contribution in [0.4, 0.5) is 0 Å². The summed E-state index contributed by atoms with van der Waals surface area (Å²) in [6.07, 6.45) is 4.32. The lowest BCUT2D eigenvalue weighted by Gasteiger charge is -2.06. The molecule has 4 rings (SSSR count). The van der Waals surface area contributed by atoms with Crippen molar-refractivity contribution in [2.75, 3.05) is 0 Å². The van der Waals surface area contributed by atoms with Crippen molar-refractivity contribution in [3.05, 3.63) is 77.7 Å². The van der Waals surface area contributed by atoms with E-state index in [0.29, 0.717) is 12.5 Å². The van der Waals surface area contributed by atoms with E-state index in [1.807, 2.05) is 18.2 Å². The van der Waals surface area contributed by atoms with Crippen molar-refractivity contribution in [3.8, 4) is 11.3 Å². The van der Waals surface area contributed by atoms with E-state index in [2.05, 4.69) is 65.6 Å². The van der Waals surface area contributed by atoms with Gasteiger partial charge >= 0.3 is 0 Å². The summed E-state index contributed by atoms with van der Waals surface area (Å²) in [6, 6.07) is 18.5. The highest BCUT2D eigenvalue weighted by Crippen LogP contribution is 2.24. The summed E-state index contributed by atoms with van der Waals surface area (Å²) in [5.74, 6) is 1.91. The number of nitrogens with zero attached hydrogens (tertiary/aromatic N) is 2. The molecule has 0 bridgehead atoms. The molecule has 0 amide bonds. The highest BCUT2D eigenvalue weighted by molar-refractivity contribution is 5.95. The molecule has 132 valence electrons. The van der Waals surface area contributed by atoms with Gasteiger partial charge in [0.1, 0.15) is 6.20 Å². The number of hydrogen-bond donors (Lipinski definition) is 0. The maximum Gasteiger partial charge on any atom is 0.257 e. The molecule has 1 aromatic heterocycles. The van der Waals surface area contributed by atoms with Crippen LogP contribution in [0.2, 0.25) is 0 Å². The number of fused-ring (bicyclic) bond motifs is 1. The third-order valence-electron chi connectivity index (χ3n) is 5.28. The molecule has 0 saturated carbocycles. The largest absolute Gasteiger partial charge is 0.290 e.